The summed E-state index contributed by atoms with van der Waals surface area (Å²) in [5.41, 5.74) is 1.92. The number of nitrogens with one attached hydrogen (secondary N) is 1. The van der Waals surface area contributed by atoms with E-state index in [-0.39, 0.29) is 12.4 Å². The number of benzene rings is 1. The van der Waals surface area contributed by atoms with Gasteiger partial charge in [0.25, 0.3) is 5.70 Å². The second kappa shape index (κ2) is 9.45. The Morgan fingerprint density at radius 1 is 1.18 bits per heavy atom. The lowest BCUT2D eigenvalue weighted by Crippen LogP contribution is -2.38. The number of thiocarbonyl (C=S) groups is 1. The van der Waals surface area contributed by atoms with Gasteiger partial charge in [-0.2, -0.15) is 4.57 Å². The molecule has 5 nitrogen and oxygen atoms in total. The number of rotatable bonds is 7. The molecule has 0 bridgehead atoms. The molecule has 0 unspecified atom stereocenters. The van der Waals surface area contributed by atoms with Gasteiger partial charge in [0.15, 0.2) is 17.4 Å². The summed E-state index contributed by atoms with van der Waals surface area (Å²) in [5, 5.41) is 25.4. The zero-order valence-electron chi connectivity index (χ0n) is 15.3. The fraction of sp³-hybridized carbons (Fsp3) is 0.143. The number of nitrogens with zero attached hydrogens (tertiary/aromatic N) is 1. The van der Waals surface area contributed by atoms with Crippen LogP contribution in [-0.2, 0) is 6.61 Å². The highest BCUT2D eigenvalue weighted by Gasteiger charge is 2.24. The quantitative estimate of drug-likeness (QED) is 0.234. The van der Waals surface area contributed by atoms with Gasteiger partial charge in [-0.25, -0.2) is 0 Å². The van der Waals surface area contributed by atoms with Crippen LogP contribution in [0.2, 0.25) is 0 Å². The Morgan fingerprint density at radius 2 is 1.96 bits per heavy atom. The van der Waals surface area contributed by atoms with Gasteiger partial charge in [0.05, 0.1) is 18.1 Å². The molecule has 0 aliphatic carbocycles. The molecule has 0 atom stereocenters. The molecule has 0 radical (unpaired) electrons. The molecule has 3 N–H and O–H groups in total. The predicted octanol–water partition coefficient (Wildman–Crippen LogP) is 4.25. The molecule has 0 saturated heterocycles. The van der Waals surface area contributed by atoms with E-state index in [1.807, 2.05) is 48.7 Å². The van der Waals surface area contributed by atoms with E-state index in [0.717, 1.165) is 11.4 Å². The van der Waals surface area contributed by atoms with Crippen LogP contribution in [-0.4, -0.2) is 21.8 Å². The van der Waals surface area contributed by atoms with Crippen LogP contribution in [0.15, 0.2) is 66.3 Å². The largest absolute Gasteiger partial charge is 0.501 e. The summed E-state index contributed by atoms with van der Waals surface area (Å²) in [6.45, 7) is 2.43. The van der Waals surface area contributed by atoms with Gasteiger partial charge in [0, 0.05) is 17.3 Å². The topological polar surface area (TPSA) is 65.6 Å². The Bertz CT molecular complexity index is 968. The predicted molar refractivity (Wildman–Crippen MR) is 116 cm³/mol. The van der Waals surface area contributed by atoms with Gasteiger partial charge in [-0.15, -0.1) is 11.3 Å². The van der Waals surface area contributed by atoms with Crippen LogP contribution < -0.4 is 14.6 Å². The van der Waals surface area contributed by atoms with Crippen LogP contribution in [0.3, 0.4) is 0 Å². The van der Waals surface area contributed by atoms with Crippen molar-refractivity contribution in [2.24, 2.45) is 0 Å². The van der Waals surface area contributed by atoms with Crippen molar-refractivity contribution in [3.05, 3.63) is 76.7 Å². The van der Waals surface area contributed by atoms with E-state index in [1.54, 1.807) is 29.1 Å². The van der Waals surface area contributed by atoms with Gasteiger partial charge in [0.1, 0.15) is 5.75 Å². The van der Waals surface area contributed by atoms with Crippen molar-refractivity contribution in [1.29, 1.82) is 0 Å². The van der Waals surface area contributed by atoms with Gasteiger partial charge in [-0.3, -0.25) is 0 Å². The lowest BCUT2D eigenvalue weighted by atomic mass is 10.2. The van der Waals surface area contributed by atoms with Gasteiger partial charge in [-0.1, -0.05) is 18.3 Å². The van der Waals surface area contributed by atoms with Crippen LogP contribution in [0, 0.1) is 0 Å². The number of aliphatic hydroxyl groups excluding tert-OH is 2. The van der Waals surface area contributed by atoms with Crippen LogP contribution in [0.1, 0.15) is 17.4 Å². The number of hydrogen-bond donors (Lipinski definition) is 3. The van der Waals surface area contributed by atoms with Gasteiger partial charge in [-0.05, 0) is 48.7 Å². The minimum Gasteiger partial charge on any atom is -0.501 e. The maximum absolute atomic E-state index is 10.9. The minimum atomic E-state index is -0.104. The number of thiophene rings is 1. The van der Waals surface area contributed by atoms with E-state index >= 15 is 0 Å². The molecule has 28 heavy (non-hydrogen) atoms. The average molecular weight is 414 g/mol. The number of ether oxygens (including phenoxy) is 1. The van der Waals surface area contributed by atoms with E-state index in [2.05, 4.69) is 5.32 Å². The van der Waals surface area contributed by atoms with Gasteiger partial charge in [0.2, 0.25) is 5.76 Å². The average Bonchev–Trinajstić information content (AvgIpc) is 3.25. The molecule has 2 aromatic heterocycles. The van der Waals surface area contributed by atoms with Crippen molar-refractivity contribution in [2.75, 3.05) is 11.9 Å². The fourth-order valence-corrected chi connectivity index (χ4v) is 3.61. The Morgan fingerprint density at radius 3 is 2.61 bits per heavy atom. The number of pyridine rings is 1. The van der Waals surface area contributed by atoms with Crippen LogP contribution in [0.25, 0.3) is 11.5 Å². The molecule has 1 aromatic carbocycles. The van der Waals surface area contributed by atoms with Crippen molar-refractivity contribution in [3.63, 3.8) is 0 Å². The first-order chi connectivity index (χ1) is 13.6. The minimum absolute atomic E-state index is 0.0681. The van der Waals surface area contributed by atoms with E-state index < -0.39 is 0 Å². The molecule has 144 valence electrons. The van der Waals surface area contributed by atoms with Crippen molar-refractivity contribution >= 4 is 45.7 Å². The normalized spacial score (nSPS) is 11.6. The maximum atomic E-state index is 10.9. The van der Waals surface area contributed by atoms with Crippen LogP contribution in [0.4, 0.5) is 5.69 Å². The van der Waals surface area contributed by atoms with Crippen molar-refractivity contribution in [1.82, 2.24) is 0 Å². The summed E-state index contributed by atoms with van der Waals surface area (Å²) in [6, 6.07) is 14.7. The third kappa shape index (κ3) is 4.75. The van der Waals surface area contributed by atoms with Gasteiger partial charge < -0.3 is 20.3 Å². The van der Waals surface area contributed by atoms with Crippen LogP contribution in [0.5, 0.6) is 5.75 Å². The molecule has 0 aliphatic rings. The number of aromatic nitrogens is 1. The zero-order valence-corrected chi connectivity index (χ0v) is 17.0. The monoisotopic (exact) mass is 413 g/mol. The van der Waals surface area contributed by atoms with Crippen LogP contribution >= 0.6 is 23.6 Å². The fourth-order valence-electron chi connectivity index (χ4n) is 2.63. The molecular formula is C21H21N2O3S2+. The third-order valence-corrected chi connectivity index (χ3v) is 5.09. The Kier molecular flexibility index (Phi) is 6.76. The second-order valence-electron chi connectivity index (χ2n) is 5.86. The highest BCUT2D eigenvalue weighted by atomic mass is 32.1. The molecule has 3 rings (SSSR count). The third-order valence-electron chi connectivity index (χ3n) is 3.92. The Balaban J connectivity index is 1.96. The summed E-state index contributed by atoms with van der Waals surface area (Å²) in [7, 11) is 0. The molecule has 7 heteroatoms. The molecule has 2 heterocycles. The number of hydrogen-bond acceptors (Lipinski definition) is 5. The van der Waals surface area contributed by atoms with E-state index in [4.69, 9.17) is 17.0 Å². The highest BCUT2D eigenvalue weighted by molar-refractivity contribution is 7.81. The van der Waals surface area contributed by atoms with E-state index in [9.17, 15) is 10.2 Å². The highest BCUT2D eigenvalue weighted by Crippen LogP contribution is 2.23. The first kappa shape index (κ1) is 20.0. The molecule has 0 spiro atoms. The smallest absolute Gasteiger partial charge is 0.289 e. The lowest BCUT2D eigenvalue weighted by molar-refractivity contribution is -0.576. The molecule has 0 amide bonds. The first-order valence-electron chi connectivity index (χ1n) is 8.75. The van der Waals surface area contributed by atoms with Crippen molar-refractivity contribution in [3.8, 4) is 5.75 Å². The SMILES string of the molecule is CCOc1ccc(NC(=S)C(=C(O)c2cccs2)[n+]2cccc(CO)c2)cc1. The lowest BCUT2D eigenvalue weighted by Gasteiger charge is -2.10. The summed E-state index contributed by atoms with van der Waals surface area (Å²) in [5.74, 6) is 0.847. The summed E-state index contributed by atoms with van der Waals surface area (Å²) >= 11 is 7.03. The number of anilines is 1. The zero-order chi connectivity index (χ0) is 19.9. The summed E-state index contributed by atoms with van der Waals surface area (Å²) in [6.07, 6.45) is 3.52. The summed E-state index contributed by atoms with van der Waals surface area (Å²) < 4.78 is 7.17. The molecule has 0 fully saturated rings. The maximum Gasteiger partial charge on any atom is 0.289 e. The van der Waals surface area contributed by atoms with Crippen molar-refractivity contribution in [2.45, 2.75) is 13.5 Å². The summed E-state index contributed by atoms with van der Waals surface area (Å²) in [4.78, 5) is 1.06. The van der Waals surface area contributed by atoms with Crippen molar-refractivity contribution < 1.29 is 19.5 Å². The molecular weight excluding hydrogens is 392 g/mol. The Labute approximate surface area is 173 Å². The Hall–Kier alpha value is -2.74. The molecule has 0 saturated carbocycles. The van der Waals surface area contributed by atoms with E-state index in [1.165, 1.54) is 11.3 Å². The first-order valence-corrected chi connectivity index (χ1v) is 10.0. The standard InChI is InChI=1S/C21H20N2O3S2/c1-2-26-17-9-7-16(8-10-17)22-21(27)19(20(25)18-6-4-12-28-18)23-11-3-5-15(13-23)14-24/h3-13,24H,2,14H2,1H3,(H-,22,25,27)/p+1. The van der Waals surface area contributed by atoms with Gasteiger partial charge >= 0.3 is 0 Å². The van der Waals surface area contributed by atoms with E-state index in [0.29, 0.717) is 27.7 Å². The molecule has 0 aliphatic heterocycles. The second-order valence-corrected chi connectivity index (χ2v) is 7.22. The number of aliphatic hydroxyl groups is 2. The molecule has 3 aromatic rings.